The second-order valence-corrected chi connectivity index (χ2v) is 6.80. The molecule has 0 saturated heterocycles. The van der Waals surface area contributed by atoms with E-state index in [0.717, 1.165) is 28.7 Å². The fraction of sp³-hybridized carbons (Fsp3) is 0.286. The highest BCUT2D eigenvalue weighted by Crippen LogP contribution is 2.27. The average Bonchev–Trinajstić information content (AvgIpc) is 3.13. The summed E-state index contributed by atoms with van der Waals surface area (Å²) in [6, 6.07) is 14.4. The molecular weight excluding hydrogens is 378 g/mol. The van der Waals surface area contributed by atoms with Crippen molar-refractivity contribution in [3.8, 4) is 0 Å². The number of benzene rings is 2. The van der Waals surface area contributed by atoms with Crippen LogP contribution in [0, 0.1) is 0 Å². The summed E-state index contributed by atoms with van der Waals surface area (Å²) in [4.78, 5) is 23.7. The van der Waals surface area contributed by atoms with Crippen molar-refractivity contribution in [3.63, 3.8) is 0 Å². The topological polar surface area (TPSA) is 59.7 Å². The first-order valence-corrected chi connectivity index (χ1v) is 9.36. The first kappa shape index (κ1) is 19.0. The van der Waals surface area contributed by atoms with Gasteiger partial charge in [0.25, 0.3) is 5.91 Å². The summed E-state index contributed by atoms with van der Waals surface area (Å²) in [5, 5.41) is 3.88. The molecule has 3 aromatic rings. The number of fused-ring (bicyclic) bond motifs is 2. The highest BCUT2D eigenvalue weighted by Gasteiger charge is 2.23. The summed E-state index contributed by atoms with van der Waals surface area (Å²) in [7, 11) is 0. The number of rotatable bonds is 5. The van der Waals surface area contributed by atoms with Crippen molar-refractivity contribution in [2.75, 3.05) is 18.1 Å². The number of hydrogen-bond donors (Lipinski definition) is 0. The van der Waals surface area contributed by atoms with E-state index < -0.39 is 6.55 Å². The zero-order chi connectivity index (χ0) is 20.4. The Labute approximate surface area is 166 Å². The lowest BCUT2D eigenvalue weighted by molar-refractivity contribution is -0.123. The summed E-state index contributed by atoms with van der Waals surface area (Å²) >= 11 is 0. The second-order valence-electron chi connectivity index (χ2n) is 6.80. The Balaban J connectivity index is 1.50. The Morgan fingerprint density at radius 1 is 1.21 bits per heavy atom. The Morgan fingerprint density at radius 2 is 1.97 bits per heavy atom. The molecule has 6 nitrogen and oxygen atoms in total. The van der Waals surface area contributed by atoms with Gasteiger partial charge < -0.3 is 9.74 Å². The molecular formula is C21H20F2N4O2. The van der Waals surface area contributed by atoms with Crippen molar-refractivity contribution in [3.05, 3.63) is 59.9 Å². The minimum Gasteiger partial charge on any atom is -0.385 e. The molecule has 8 heteroatoms. The lowest BCUT2D eigenvalue weighted by atomic mass is 10.0. The number of anilines is 1. The molecule has 2 aromatic carbocycles. The number of alkyl halides is 2. The number of oxime groups is 1. The van der Waals surface area contributed by atoms with E-state index in [9.17, 15) is 13.6 Å². The van der Waals surface area contributed by atoms with E-state index >= 15 is 0 Å². The second kappa shape index (κ2) is 7.98. The van der Waals surface area contributed by atoms with Gasteiger partial charge in [0.05, 0.1) is 11.0 Å². The van der Waals surface area contributed by atoms with Gasteiger partial charge in [0.15, 0.2) is 12.4 Å². The molecule has 0 saturated carbocycles. The molecule has 150 valence electrons. The Kier molecular flexibility index (Phi) is 5.24. The van der Waals surface area contributed by atoms with E-state index in [1.807, 2.05) is 24.3 Å². The predicted octanol–water partition coefficient (Wildman–Crippen LogP) is 4.15. The van der Waals surface area contributed by atoms with Crippen LogP contribution in [0.1, 0.15) is 31.3 Å². The van der Waals surface area contributed by atoms with Crippen molar-refractivity contribution in [2.24, 2.45) is 5.16 Å². The molecule has 0 atom stereocenters. The van der Waals surface area contributed by atoms with Crippen LogP contribution in [0.2, 0.25) is 0 Å². The Morgan fingerprint density at radius 3 is 2.79 bits per heavy atom. The Bertz CT molecular complexity index is 1080. The lowest BCUT2D eigenvalue weighted by Crippen LogP contribution is -2.37. The average molecular weight is 398 g/mol. The quantitative estimate of drug-likeness (QED) is 0.479. The highest BCUT2D eigenvalue weighted by atomic mass is 19.3. The van der Waals surface area contributed by atoms with Gasteiger partial charge in [-0.05, 0) is 43.5 Å². The van der Waals surface area contributed by atoms with Crippen LogP contribution in [-0.4, -0.2) is 34.3 Å². The lowest BCUT2D eigenvalue weighted by Gasteiger charge is -2.29. The van der Waals surface area contributed by atoms with Gasteiger partial charge in [0.2, 0.25) is 0 Å². The summed E-state index contributed by atoms with van der Waals surface area (Å²) in [6.45, 7) is -0.904. The molecule has 1 aromatic heterocycles. The van der Waals surface area contributed by atoms with E-state index in [-0.39, 0.29) is 24.1 Å². The fourth-order valence-electron chi connectivity index (χ4n) is 3.59. The van der Waals surface area contributed by atoms with Gasteiger partial charge in [-0.15, -0.1) is 0 Å². The smallest absolute Gasteiger partial charge is 0.320 e. The van der Waals surface area contributed by atoms with Crippen molar-refractivity contribution in [2.45, 2.75) is 26.3 Å². The maximum Gasteiger partial charge on any atom is 0.320 e. The van der Waals surface area contributed by atoms with E-state index in [0.29, 0.717) is 17.6 Å². The number of aromatic nitrogens is 2. The van der Waals surface area contributed by atoms with Crippen LogP contribution in [0.3, 0.4) is 0 Å². The van der Waals surface area contributed by atoms with Gasteiger partial charge in [-0.1, -0.05) is 35.5 Å². The predicted molar refractivity (Wildman–Crippen MR) is 106 cm³/mol. The third-order valence-corrected chi connectivity index (χ3v) is 4.92. The van der Waals surface area contributed by atoms with E-state index in [4.69, 9.17) is 4.84 Å². The number of aryl methyl sites for hydroxylation is 1. The number of hydrogen-bond acceptors (Lipinski definition) is 4. The first-order valence-electron chi connectivity index (χ1n) is 9.36. The van der Waals surface area contributed by atoms with Gasteiger partial charge in [0, 0.05) is 12.2 Å². The zero-order valence-corrected chi connectivity index (χ0v) is 15.9. The van der Waals surface area contributed by atoms with Crippen LogP contribution in [0.15, 0.2) is 53.7 Å². The number of amides is 1. The minimum absolute atomic E-state index is 0.0111. The van der Waals surface area contributed by atoms with Crippen molar-refractivity contribution in [1.29, 1.82) is 0 Å². The van der Waals surface area contributed by atoms with Gasteiger partial charge in [-0.2, -0.15) is 8.78 Å². The summed E-state index contributed by atoms with van der Waals surface area (Å²) < 4.78 is 27.9. The van der Waals surface area contributed by atoms with Crippen molar-refractivity contribution in [1.82, 2.24) is 9.55 Å². The fourth-order valence-corrected chi connectivity index (χ4v) is 3.59. The molecule has 1 amide bonds. The van der Waals surface area contributed by atoms with E-state index in [1.165, 1.54) is 6.92 Å². The molecule has 1 aliphatic heterocycles. The molecule has 1 aliphatic rings. The third-order valence-electron chi connectivity index (χ3n) is 4.92. The maximum absolute atomic E-state index is 13.6. The van der Waals surface area contributed by atoms with Crippen LogP contribution in [0.4, 0.5) is 14.5 Å². The molecule has 2 heterocycles. The third kappa shape index (κ3) is 3.70. The van der Waals surface area contributed by atoms with Crippen LogP contribution >= 0.6 is 0 Å². The maximum atomic E-state index is 13.6. The Hall–Kier alpha value is -3.29. The SMILES string of the molecule is CC(=NOCC(=O)N1CCCc2ccccc21)c1nc2ccccc2n1C(F)F. The largest absolute Gasteiger partial charge is 0.385 e. The van der Waals surface area contributed by atoms with Gasteiger partial charge in [0.1, 0.15) is 5.71 Å². The number of para-hydroxylation sites is 3. The normalized spacial score (nSPS) is 14.3. The van der Waals surface area contributed by atoms with Crippen LogP contribution in [0.5, 0.6) is 0 Å². The molecule has 0 unspecified atom stereocenters. The number of imidazole rings is 1. The van der Waals surface area contributed by atoms with Gasteiger partial charge >= 0.3 is 6.55 Å². The number of carbonyl (C=O) groups is 1. The summed E-state index contributed by atoms with van der Waals surface area (Å²) in [6.07, 6.45) is 1.81. The molecule has 0 radical (unpaired) electrons. The summed E-state index contributed by atoms with van der Waals surface area (Å²) in [5.74, 6) is -0.215. The molecule has 0 bridgehead atoms. The minimum atomic E-state index is -2.77. The number of nitrogens with zero attached hydrogens (tertiary/aromatic N) is 4. The van der Waals surface area contributed by atoms with Gasteiger partial charge in [-0.3, -0.25) is 9.36 Å². The zero-order valence-electron chi connectivity index (χ0n) is 15.9. The van der Waals surface area contributed by atoms with Gasteiger partial charge in [-0.25, -0.2) is 4.98 Å². The highest BCUT2D eigenvalue weighted by molar-refractivity contribution is 5.99. The summed E-state index contributed by atoms with van der Waals surface area (Å²) in [5.41, 5.74) is 2.93. The monoisotopic (exact) mass is 398 g/mol. The molecule has 4 rings (SSSR count). The standard InChI is InChI=1S/C21H20F2N4O2/c1-14(20-24-16-9-3-5-11-18(16)27(20)21(22)23)25-29-13-19(28)26-12-6-8-15-7-2-4-10-17(15)26/h2-5,7,9-11,21H,6,8,12-13H2,1H3. The number of halogens is 2. The molecule has 0 aliphatic carbocycles. The molecule has 0 spiro atoms. The van der Waals surface area contributed by atoms with Crippen LogP contribution in [-0.2, 0) is 16.1 Å². The van der Waals surface area contributed by atoms with E-state index in [1.54, 1.807) is 29.2 Å². The van der Waals surface area contributed by atoms with Crippen LogP contribution in [0.25, 0.3) is 11.0 Å². The molecule has 0 N–H and O–H groups in total. The van der Waals surface area contributed by atoms with Crippen molar-refractivity contribution < 1.29 is 18.4 Å². The van der Waals surface area contributed by atoms with E-state index in [2.05, 4.69) is 10.1 Å². The molecule has 0 fully saturated rings. The van der Waals surface area contributed by atoms with Crippen LogP contribution < -0.4 is 4.90 Å². The molecule has 29 heavy (non-hydrogen) atoms. The number of carbonyl (C=O) groups excluding carboxylic acids is 1. The van der Waals surface area contributed by atoms with Crippen molar-refractivity contribution >= 4 is 28.3 Å². The first-order chi connectivity index (χ1) is 14.1.